The van der Waals surface area contributed by atoms with E-state index in [0.717, 1.165) is 23.0 Å². The summed E-state index contributed by atoms with van der Waals surface area (Å²) in [6.07, 6.45) is 12.1. The molecule has 2 heteroatoms. The summed E-state index contributed by atoms with van der Waals surface area (Å²) >= 11 is 0. The van der Waals surface area contributed by atoms with E-state index in [4.69, 9.17) is 0 Å². The second kappa shape index (κ2) is 6.39. The van der Waals surface area contributed by atoms with Crippen molar-refractivity contribution in [1.82, 2.24) is 0 Å². The SMILES string of the molecule is C=C1CC(O)C(=O)CC1=CC=C1CCC[C@]2(C)[C@@H](CC)CC[C@@H]12. The van der Waals surface area contributed by atoms with Crippen LogP contribution in [0.25, 0.3) is 0 Å². The lowest BCUT2D eigenvalue weighted by atomic mass is 9.63. The van der Waals surface area contributed by atoms with E-state index in [1.54, 1.807) is 5.57 Å². The van der Waals surface area contributed by atoms with E-state index in [9.17, 15) is 9.90 Å². The molecule has 3 saturated carbocycles. The summed E-state index contributed by atoms with van der Waals surface area (Å²) in [6.45, 7) is 8.87. The molecule has 0 saturated heterocycles. The lowest BCUT2D eigenvalue weighted by Crippen LogP contribution is -2.32. The zero-order valence-corrected chi connectivity index (χ0v) is 14.6. The molecule has 4 atom stereocenters. The summed E-state index contributed by atoms with van der Waals surface area (Å²) in [4.78, 5) is 11.8. The molecule has 1 N–H and O–H groups in total. The molecule has 3 aliphatic carbocycles. The van der Waals surface area contributed by atoms with Crippen LogP contribution in [-0.4, -0.2) is 17.0 Å². The second-order valence-electron chi connectivity index (χ2n) is 7.99. The van der Waals surface area contributed by atoms with Gasteiger partial charge in [0.2, 0.25) is 0 Å². The lowest BCUT2D eigenvalue weighted by Gasteiger charge is -2.42. The zero-order chi connectivity index (χ0) is 16.6. The average molecular weight is 314 g/mol. The minimum absolute atomic E-state index is 0.0672. The smallest absolute Gasteiger partial charge is 0.165 e. The maximum absolute atomic E-state index is 11.8. The van der Waals surface area contributed by atoms with Crippen LogP contribution in [0.15, 0.2) is 35.5 Å². The van der Waals surface area contributed by atoms with Crippen LogP contribution < -0.4 is 0 Å². The van der Waals surface area contributed by atoms with Crippen LogP contribution in [0.5, 0.6) is 0 Å². The van der Waals surface area contributed by atoms with Gasteiger partial charge in [-0.05, 0) is 60.5 Å². The van der Waals surface area contributed by atoms with Gasteiger partial charge in [-0.15, -0.1) is 0 Å². The van der Waals surface area contributed by atoms with E-state index < -0.39 is 6.10 Å². The Labute approximate surface area is 140 Å². The second-order valence-corrected chi connectivity index (χ2v) is 7.99. The molecule has 0 heterocycles. The first-order valence-corrected chi connectivity index (χ1v) is 9.24. The normalized spacial score (nSPS) is 41.6. The first-order chi connectivity index (χ1) is 11.0. The molecular formula is C21H30O2. The highest BCUT2D eigenvalue weighted by molar-refractivity contribution is 5.88. The first kappa shape index (κ1) is 16.7. The van der Waals surface area contributed by atoms with Gasteiger partial charge in [0.15, 0.2) is 5.78 Å². The number of carbonyl (C=O) groups is 1. The quantitative estimate of drug-likeness (QED) is 0.799. The Morgan fingerprint density at radius 2 is 2.13 bits per heavy atom. The molecule has 0 aromatic heterocycles. The van der Waals surface area contributed by atoms with Gasteiger partial charge in [0.05, 0.1) is 0 Å². The van der Waals surface area contributed by atoms with E-state index in [-0.39, 0.29) is 5.78 Å². The third-order valence-electron chi connectivity index (χ3n) is 6.78. The number of allylic oxidation sites excluding steroid dienone is 4. The van der Waals surface area contributed by atoms with E-state index in [2.05, 4.69) is 32.6 Å². The van der Waals surface area contributed by atoms with Gasteiger partial charge in [0.1, 0.15) is 6.10 Å². The van der Waals surface area contributed by atoms with Crippen molar-refractivity contribution in [2.24, 2.45) is 17.3 Å². The van der Waals surface area contributed by atoms with Crippen LogP contribution in [0.3, 0.4) is 0 Å². The molecule has 3 aliphatic rings. The maximum atomic E-state index is 11.8. The van der Waals surface area contributed by atoms with Crippen molar-refractivity contribution < 1.29 is 9.90 Å². The maximum Gasteiger partial charge on any atom is 0.165 e. The van der Waals surface area contributed by atoms with Gasteiger partial charge < -0.3 is 5.11 Å². The number of rotatable bonds is 2. The van der Waals surface area contributed by atoms with E-state index in [1.165, 1.54) is 38.5 Å². The molecule has 0 spiro atoms. The molecule has 0 radical (unpaired) electrons. The molecule has 0 bridgehead atoms. The van der Waals surface area contributed by atoms with Crippen molar-refractivity contribution in [1.29, 1.82) is 0 Å². The summed E-state index contributed by atoms with van der Waals surface area (Å²) < 4.78 is 0. The predicted molar refractivity (Wildman–Crippen MR) is 94.0 cm³/mol. The first-order valence-electron chi connectivity index (χ1n) is 9.24. The van der Waals surface area contributed by atoms with Crippen LogP contribution in [0, 0.1) is 17.3 Å². The molecule has 0 aromatic carbocycles. The number of fused-ring (bicyclic) bond motifs is 1. The van der Waals surface area contributed by atoms with Crippen LogP contribution in [0.2, 0.25) is 0 Å². The van der Waals surface area contributed by atoms with Gasteiger partial charge in [-0.1, -0.05) is 44.6 Å². The highest BCUT2D eigenvalue weighted by atomic mass is 16.3. The lowest BCUT2D eigenvalue weighted by molar-refractivity contribution is -0.127. The minimum Gasteiger partial charge on any atom is -0.385 e. The summed E-state index contributed by atoms with van der Waals surface area (Å²) in [5.41, 5.74) is 4.00. The van der Waals surface area contributed by atoms with Crippen LogP contribution >= 0.6 is 0 Å². The third-order valence-corrected chi connectivity index (χ3v) is 6.78. The average Bonchev–Trinajstić information content (AvgIpc) is 2.86. The van der Waals surface area contributed by atoms with Crippen molar-refractivity contribution in [2.75, 3.05) is 0 Å². The van der Waals surface area contributed by atoms with Crippen LogP contribution in [0.4, 0.5) is 0 Å². The van der Waals surface area contributed by atoms with Gasteiger partial charge in [-0.25, -0.2) is 0 Å². The number of hydrogen-bond donors (Lipinski definition) is 1. The highest BCUT2D eigenvalue weighted by Crippen LogP contribution is 2.58. The fraction of sp³-hybridized carbons (Fsp3) is 0.667. The fourth-order valence-corrected chi connectivity index (χ4v) is 5.31. The standard InChI is InChI=1S/C21H30O2/c1-4-17-9-10-18-15(6-5-11-21(17,18)3)7-8-16-13-20(23)19(22)12-14(16)2/h7-8,17-19,22H,2,4-6,9-13H2,1,3H3/t17-,18-,19?,21+/m0/s1. The topological polar surface area (TPSA) is 37.3 Å². The molecular weight excluding hydrogens is 284 g/mol. The molecule has 3 fully saturated rings. The monoisotopic (exact) mass is 314 g/mol. The minimum atomic E-state index is -0.842. The number of aliphatic hydroxyl groups is 1. The highest BCUT2D eigenvalue weighted by Gasteiger charge is 2.48. The summed E-state index contributed by atoms with van der Waals surface area (Å²) in [6, 6.07) is 0. The molecule has 23 heavy (non-hydrogen) atoms. The number of Topliss-reactive ketones (excluding diaryl/α,β-unsaturated/α-hetero) is 1. The largest absolute Gasteiger partial charge is 0.385 e. The van der Waals surface area contributed by atoms with Gasteiger partial charge >= 0.3 is 0 Å². The molecule has 3 rings (SSSR count). The van der Waals surface area contributed by atoms with E-state index in [0.29, 0.717) is 18.3 Å². The summed E-state index contributed by atoms with van der Waals surface area (Å²) in [5.74, 6) is 1.52. The van der Waals surface area contributed by atoms with Gasteiger partial charge in [0, 0.05) is 12.8 Å². The van der Waals surface area contributed by atoms with Crippen LogP contribution in [0.1, 0.15) is 65.2 Å². The fourth-order valence-electron chi connectivity index (χ4n) is 5.31. The molecule has 0 aromatic rings. The van der Waals surface area contributed by atoms with Gasteiger partial charge in [-0.3, -0.25) is 4.79 Å². The summed E-state index contributed by atoms with van der Waals surface area (Å²) in [5, 5.41) is 9.64. The van der Waals surface area contributed by atoms with Crippen LogP contribution in [-0.2, 0) is 4.79 Å². The molecule has 0 aliphatic heterocycles. The number of carbonyl (C=O) groups excluding carboxylic acids is 1. The van der Waals surface area contributed by atoms with Gasteiger partial charge in [-0.2, -0.15) is 0 Å². The van der Waals surface area contributed by atoms with Crippen molar-refractivity contribution in [2.45, 2.75) is 71.3 Å². The van der Waals surface area contributed by atoms with Gasteiger partial charge in [0.25, 0.3) is 0 Å². The van der Waals surface area contributed by atoms with Crippen molar-refractivity contribution in [3.8, 4) is 0 Å². The Balaban J connectivity index is 1.81. The van der Waals surface area contributed by atoms with E-state index in [1.807, 2.05) is 0 Å². The third kappa shape index (κ3) is 2.98. The summed E-state index contributed by atoms with van der Waals surface area (Å²) in [7, 11) is 0. The molecule has 1 unspecified atom stereocenters. The molecule has 2 nitrogen and oxygen atoms in total. The Morgan fingerprint density at radius 3 is 2.87 bits per heavy atom. The Morgan fingerprint density at radius 1 is 1.35 bits per heavy atom. The molecule has 0 amide bonds. The van der Waals surface area contributed by atoms with Crippen molar-refractivity contribution in [3.63, 3.8) is 0 Å². The van der Waals surface area contributed by atoms with Crippen molar-refractivity contribution >= 4 is 5.78 Å². The molecule has 126 valence electrons. The number of ketones is 1. The Kier molecular flexibility index (Phi) is 4.64. The predicted octanol–water partition coefficient (Wildman–Crippen LogP) is 4.75. The Hall–Kier alpha value is -1.15. The number of hydrogen-bond acceptors (Lipinski definition) is 2. The number of aliphatic hydroxyl groups excluding tert-OH is 1. The van der Waals surface area contributed by atoms with Crippen molar-refractivity contribution in [3.05, 3.63) is 35.5 Å². The van der Waals surface area contributed by atoms with E-state index >= 15 is 0 Å². The zero-order valence-electron chi connectivity index (χ0n) is 14.6. The Bertz CT molecular complexity index is 568.